The number of carbonyl (C=O) groups excluding carboxylic acids is 2. The van der Waals surface area contributed by atoms with Crippen molar-refractivity contribution in [1.29, 1.82) is 0 Å². The lowest BCUT2D eigenvalue weighted by atomic mass is 10.2. The van der Waals surface area contributed by atoms with Crippen LogP contribution in [0, 0.1) is 0 Å². The van der Waals surface area contributed by atoms with E-state index >= 15 is 0 Å². The van der Waals surface area contributed by atoms with Crippen molar-refractivity contribution in [1.82, 2.24) is 4.90 Å². The summed E-state index contributed by atoms with van der Waals surface area (Å²) in [6.07, 6.45) is 1.47. The molecule has 0 aromatic heterocycles. The summed E-state index contributed by atoms with van der Waals surface area (Å²) in [6, 6.07) is 0. The van der Waals surface area contributed by atoms with Crippen LogP contribution in [-0.2, 0) is 14.3 Å². The summed E-state index contributed by atoms with van der Waals surface area (Å²) in [7, 11) is 2.91. The van der Waals surface area contributed by atoms with Crippen molar-refractivity contribution < 1.29 is 14.3 Å². The normalized spacial score (nSPS) is 21.6. The Hall–Kier alpha value is -1.32. The molecule has 0 aromatic rings. The number of carbonyl (C=O) groups is 2. The van der Waals surface area contributed by atoms with Crippen LogP contribution in [0.3, 0.4) is 0 Å². The first kappa shape index (κ1) is 7.78. The summed E-state index contributed by atoms with van der Waals surface area (Å²) >= 11 is 0. The van der Waals surface area contributed by atoms with Crippen LogP contribution in [0.25, 0.3) is 0 Å². The standard InChI is InChI=1S/C7H9NO3/c1-8-6(9)3-5(4-11-2)7(8)10/h4H,3H2,1-2H3/b5-4+. The summed E-state index contributed by atoms with van der Waals surface area (Å²) in [5.41, 5.74) is 0.417. The second kappa shape index (κ2) is 2.74. The fourth-order valence-corrected chi connectivity index (χ4v) is 0.920. The summed E-state index contributed by atoms with van der Waals surface area (Å²) in [5, 5.41) is 0. The molecule has 4 nitrogen and oxygen atoms in total. The molecule has 1 saturated heterocycles. The lowest BCUT2D eigenvalue weighted by Crippen LogP contribution is -2.23. The Morgan fingerprint density at radius 2 is 2.18 bits per heavy atom. The van der Waals surface area contributed by atoms with Gasteiger partial charge in [-0.05, 0) is 0 Å². The Labute approximate surface area is 64.4 Å². The maximum Gasteiger partial charge on any atom is 0.259 e. The van der Waals surface area contributed by atoms with Crippen LogP contribution in [0.4, 0.5) is 0 Å². The van der Waals surface area contributed by atoms with Crippen molar-refractivity contribution in [2.75, 3.05) is 14.2 Å². The number of hydrogen-bond donors (Lipinski definition) is 0. The molecule has 0 saturated carbocycles. The van der Waals surface area contributed by atoms with Crippen LogP contribution >= 0.6 is 0 Å². The summed E-state index contributed by atoms with van der Waals surface area (Å²) in [4.78, 5) is 23.0. The van der Waals surface area contributed by atoms with Gasteiger partial charge in [0.1, 0.15) is 0 Å². The molecule has 1 rings (SSSR count). The van der Waals surface area contributed by atoms with Gasteiger partial charge < -0.3 is 4.74 Å². The molecule has 1 aliphatic heterocycles. The molecule has 0 bridgehead atoms. The predicted octanol–water partition coefficient (Wildman–Crippen LogP) is -0.0946. The van der Waals surface area contributed by atoms with Crippen LogP contribution in [0.2, 0.25) is 0 Å². The molecule has 0 atom stereocenters. The van der Waals surface area contributed by atoms with Gasteiger partial charge >= 0.3 is 0 Å². The lowest BCUT2D eigenvalue weighted by Gasteiger charge is -2.01. The molecule has 2 amide bonds. The molecular weight excluding hydrogens is 146 g/mol. The highest BCUT2D eigenvalue weighted by Gasteiger charge is 2.30. The number of imide groups is 1. The van der Waals surface area contributed by atoms with E-state index in [2.05, 4.69) is 4.74 Å². The van der Waals surface area contributed by atoms with E-state index in [1.165, 1.54) is 20.4 Å². The second-order valence-corrected chi connectivity index (χ2v) is 2.31. The average Bonchev–Trinajstić information content (AvgIpc) is 2.19. The third-order valence-electron chi connectivity index (χ3n) is 1.56. The number of rotatable bonds is 1. The Balaban J connectivity index is 2.83. The molecule has 0 aromatic carbocycles. The maximum absolute atomic E-state index is 11.1. The molecular formula is C7H9NO3. The first-order valence-electron chi connectivity index (χ1n) is 3.19. The summed E-state index contributed by atoms with van der Waals surface area (Å²) in [6.45, 7) is 0. The van der Waals surface area contributed by atoms with Gasteiger partial charge in [0.25, 0.3) is 5.91 Å². The molecule has 0 radical (unpaired) electrons. The van der Waals surface area contributed by atoms with Gasteiger partial charge in [0, 0.05) is 7.05 Å². The number of ether oxygens (including phenoxy) is 1. The Kier molecular flexibility index (Phi) is 1.94. The van der Waals surface area contributed by atoms with Crippen LogP contribution in [0.5, 0.6) is 0 Å². The SMILES string of the molecule is CO/C=C1\CC(=O)N(C)C1=O. The average molecular weight is 155 g/mol. The Morgan fingerprint density at radius 1 is 1.55 bits per heavy atom. The van der Waals surface area contributed by atoms with Crippen LogP contribution in [0.15, 0.2) is 11.8 Å². The van der Waals surface area contributed by atoms with Crippen LogP contribution in [0.1, 0.15) is 6.42 Å². The number of amides is 2. The summed E-state index contributed by atoms with van der Waals surface area (Å²) in [5.74, 6) is -0.449. The topological polar surface area (TPSA) is 46.6 Å². The third-order valence-corrected chi connectivity index (χ3v) is 1.56. The molecule has 1 aliphatic rings. The summed E-state index contributed by atoms with van der Waals surface area (Å²) < 4.78 is 4.63. The van der Waals surface area contributed by atoms with E-state index in [-0.39, 0.29) is 18.2 Å². The van der Waals surface area contributed by atoms with Crippen LogP contribution < -0.4 is 0 Å². The lowest BCUT2D eigenvalue weighted by molar-refractivity contribution is -0.135. The minimum Gasteiger partial charge on any atom is -0.504 e. The maximum atomic E-state index is 11.1. The molecule has 0 unspecified atom stereocenters. The molecule has 11 heavy (non-hydrogen) atoms. The predicted molar refractivity (Wildman–Crippen MR) is 37.5 cm³/mol. The second-order valence-electron chi connectivity index (χ2n) is 2.31. The molecule has 0 aliphatic carbocycles. The van der Waals surface area contributed by atoms with E-state index in [0.29, 0.717) is 5.57 Å². The van der Waals surface area contributed by atoms with Gasteiger partial charge in [-0.3, -0.25) is 14.5 Å². The highest BCUT2D eigenvalue weighted by Crippen LogP contribution is 2.15. The van der Waals surface area contributed by atoms with Gasteiger partial charge in [0.2, 0.25) is 5.91 Å². The zero-order valence-electron chi connectivity index (χ0n) is 6.46. The van der Waals surface area contributed by atoms with Crippen molar-refractivity contribution >= 4 is 11.8 Å². The number of hydrogen-bond acceptors (Lipinski definition) is 3. The van der Waals surface area contributed by atoms with Crippen molar-refractivity contribution in [2.45, 2.75) is 6.42 Å². The van der Waals surface area contributed by atoms with E-state index in [4.69, 9.17) is 0 Å². The van der Waals surface area contributed by atoms with Crippen molar-refractivity contribution in [3.8, 4) is 0 Å². The van der Waals surface area contributed by atoms with E-state index in [0.717, 1.165) is 4.90 Å². The van der Waals surface area contributed by atoms with Crippen LogP contribution in [-0.4, -0.2) is 30.9 Å². The third kappa shape index (κ3) is 1.24. The van der Waals surface area contributed by atoms with Crippen molar-refractivity contribution in [2.24, 2.45) is 0 Å². The zero-order valence-corrected chi connectivity index (χ0v) is 6.46. The largest absolute Gasteiger partial charge is 0.504 e. The number of methoxy groups -OCH3 is 1. The van der Waals surface area contributed by atoms with E-state index in [1.807, 2.05) is 0 Å². The Morgan fingerprint density at radius 3 is 2.55 bits per heavy atom. The minimum atomic E-state index is -0.267. The van der Waals surface area contributed by atoms with Gasteiger partial charge in [0.15, 0.2) is 0 Å². The molecule has 1 fully saturated rings. The van der Waals surface area contributed by atoms with E-state index in [9.17, 15) is 9.59 Å². The highest BCUT2D eigenvalue weighted by atomic mass is 16.5. The van der Waals surface area contributed by atoms with E-state index < -0.39 is 0 Å². The fourth-order valence-electron chi connectivity index (χ4n) is 0.920. The number of likely N-dealkylation sites (N-methyl/N-ethyl adjacent to an activating group) is 1. The first-order valence-corrected chi connectivity index (χ1v) is 3.19. The van der Waals surface area contributed by atoms with Crippen molar-refractivity contribution in [3.63, 3.8) is 0 Å². The molecule has 0 spiro atoms. The van der Waals surface area contributed by atoms with Gasteiger partial charge in [0.05, 0.1) is 25.4 Å². The number of nitrogens with zero attached hydrogens (tertiary/aromatic N) is 1. The Bertz CT molecular complexity index is 232. The first-order chi connectivity index (χ1) is 5.16. The highest BCUT2D eigenvalue weighted by molar-refractivity contribution is 6.12. The number of likely N-dealkylation sites (tertiary alicyclic amines) is 1. The zero-order chi connectivity index (χ0) is 8.43. The smallest absolute Gasteiger partial charge is 0.259 e. The minimum absolute atomic E-state index is 0.156. The molecule has 1 heterocycles. The molecule has 4 heteroatoms. The fraction of sp³-hybridized carbons (Fsp3) is 0.429. The van der Waals surface area contributed by atoms with E-state index in [1.54, 1.807) is 0 Å². The van der Waals surface area contributed by atoms with Gasteiger partial charge in [-0.25, -0.2) is 0 Å². The van der Waals surface area contributed by atoms with Gasteiger partial charge in [-0.2, -0.15) is 0 Å². The molecule has 60 valence electrons. The van der Waals surface area contributed by atoms with Gasteiger partial charge in [-0.1, -0.05) is 0 Å². The van der Waals surface area contributed by atoms with Gasteiger partial charge in [-0.15, -0.1) is 0 Å². The molecule has 0 N–H and O–H groups in total. The van der Waals surface area contributed by atoms with Crippen molar-refractivity contribution in [3.05, 3.63) is 11.8 Å². The monoisotopic (exact) mass is 155 g/mol. The quantitative estimate of drug-likeness (QED) is 0.302.